The van der Waals surface area contributed by atoms with E-state index in [1.807, 2.05) is 0 Å². The lowest BCUT2D eigenvalue weighted by atomic mass is 9.82. The van der Waals surface area contributed by atoms with Gasteiger partial charge in [-0.2, -0.15) is 0 Å². The predicted octanol–water partition coefficient (Wildman–Crippen LogP) is 3.59. The molecule has 0 aliphatic carbocycles. The van der Waals surface area contributed by atoms with Crippen molar-refractivity contribution in [3.8, 4) is 11.5 Å². The van der Waals surface area contributed by atoms with Gasteiger partial charge in [0.2, 0.25) is 0 Å². The average molecular weight is 321 g/mol. The van der Waals surface area contributed by atoms with E-state index in [0.717, 1.165) is 50.5 Å². The molecule has 1 unspecified atom stereocenters. The van der Waals surface area contributed by atoms with Crippen LogP contribution in [0.2, 0.25) is 0 Å². The summed E-state index contributed by atoms with van der Waals surface area (Å²) in [5.74, 6) is 2.15. The molecule has 124 valence electrons. The molecule has 2 aromatic carbocycles. The molecule has 0 amide bonds. The number of aryl methyl sites for hydroxylation is 1. The highest BCUT2D eigenvalue weighted by molar-refractivity contribution is 5.51. The molecule has 0 aromatic heterocycles. The maximum absolute atomic E-state index is 5.83. The van der Waals surface area contributed by atoms with E-state index in [4.69, 9.17) is 9.47 Å². The molecule has 3 nitrogen and oxygen atoms in total. The van der Waals surface area contributed by atoms with Gasteiger partial charge in [-0.15, -0.1) is 0 Å². The van der Waals surface area contributed by atoms with Crippen LogP contribution in [0.5, 0.6) is 11.5 Å². The summed E-state index contributed by atoms with van der Waals surface area (Å²) in [6.07, 6.45) is 3.25. The van der Waals surface area contributed by atoms with Crippen LogP contribution < -0.4 is 9.47 Å². The van der Waals surface area contributed by atoms with E-state index < -0.39 is 0 Å². The summed E-state index contributed by atoms with van der Waals surface area (Å²) in [6, 6.07) is 9.49. The van der Waals surface area contributed by atoms with Crippen molar-refractivity contribution >= 4 is 0 Å². The van der Waals surface area contributed by atoms with E-state index in [-0.39, 0.29) is 0 Å². The molecule has 0 radical (unpaired) electrons. The molecule has 3 aliphatic heterocycles. The van der Waals surface area contributed by atoms with E-state index in [0.29, 0.717) is 6.04 Å². The van der Waals surface area contributed by atoms with Crippen LogP contribution in [-0.2, 0) is 25.8 Å². The fourth-order valence-electron chi connectivity index (χ4n) is 4.68. The lowest BCUT2D eigenvalue weighted by Gasteiger charge is -2.42. The molecule has 0 saturated heterocycles. The standard InChI is InChI=1S/C21H23NO2/c1-13-3-4-20(23-2)17-10-19-16-11-21-15(6-8-24-21)9-14(16)5-7-22(19)12-18(13)17/h3-4,9,11,19H,5-8,10,12H2,1-2H3. The number of rotatable bonds is 1. The second kappa shape index (κ2) is 5.25. The Labute approximate surface area is 143 Å². The van der Waals surface area contributed by atoms with Gasteiger partial charge in [0.15, 0.2) is 0 Å². The van der Waals surface area contributed by atoms with Crippen LogP contribution >= 0.6 is 0 Å². The van der Waals surface area contributed by atoms with Gasteiger partial charge < -0.3 is 9.47 Å². The van der Waals surface area contributed by atoms with E-state index in [2.05, 4.69) is 36.1 Å². The lowest BCUT2D eigenvalue weighted by molar-refractivity contribution is 0.158. The van der Waals surface area contributed by atoms with Gasteiger partial charge in [-0.1, -0.05) is 12.1 Å². The van der Waals surface area contributed by atoms with Crippen LogP contribution in [0, 0.1) is 6.92 Å². The van der Waals surface area contributed by atoms with Crippen molar-refractivity contribution < 1.29 is 9.47 Å². The molecule has 0 N–H and O–H groups in total. The quantitative estimate of drug-likeness (QED) is 0.801. The smallest absolute Gasteiger partial charge is 0.122 e. The third-order valence-electron chi connectivity index (χ3n) is 6.02. The van der Waals surface area contributed by atoms with E-state index in [1.165, 1.54) is 33.4 Å². The number of benzene rings is 2. The van der Waals surface area contributed by atoms with Gasteiger partial charge in [-0.25, -0.2) is 0 Å². The Balaban J connectivity index is 1.61. The van der Waals surface area contributed by atoms with E-state index >= 15 is 0 Å². The van der Waals surface area contributed by atoms with Crippen molar-refractivity contribution in [3.63, 3.8) is 0 Å². The lowest BCUT2D eigenvalue weighted by Crippen LogP contribution is -2.39. The highest BCUT2D eigenvalue weighted by Crippen LogP contribution is 2.44. The van der Waals surface area contributed by atoms with Crippen molar-refractivity contribution in [1.82, 2.24) is 4.90 Å². The van der Waals surface area contributed by atoms with E-state index in [9.17, 15) is 0 Å². The van der Waals surface area contributed by atoms with Crippen LogP contribution in [0.15, 0.2) is 24.3 Å². The van der Waals surface area contributed by atoms with Gasteiger partial charge in [0.25, 0.3) is 0 Å². The molecule has 0 fully saturated rings. The SMILES string of the molecule is COc1ccc(C)c2c1CC1c3cc4c(cc3CCN1C2)CCO4. The molecule has 24 heavy (non-hydrogen) atoms. The van der Waals surface area contributed by atoms with Gasteiger partial charge in [0, 0.05) is 31.1 Å². The normalized spacial score (nSPS) is 21.3. The predicted molar refractivity (Wildman–Crippen MR) is 93.9 cm³/mol. The third kappa shape index (κ3) is 2.01. The molecule has 0 bridgehead atoms. The molecular formula is C21H23NO2. The topological polar surface area (TPSA) is 21.7 Å². The third-order valence-corrected chi connectivity index (χ3v) is 6.02. The van der Waals surface area contributed by atoms with Crippen molar-refractivity contribution in [1.29, 1.82) is 0 Å². The van der Waals surface area contributed by atoms with Crippen molar-refractivity contribution in [3.05, 3.63) is 57.6 Å². The first-order valence-corrected chi connectivity index (χ1v) is 8.92. The first kappa shape index (κ1) is 14.4. The zero-order chi connectivity index (χ0) is 16.3. The molecular weight excluding hydrogens is 298 g/mol. The Bertz CT molecular complexity index is 827. The van der Waals surface area contributed by atoms with Gasteiger partial charge in [0.1, 0.15) is 11.5 Å². The summed E-state index contributed by atoms with van der Waals surface area (Å²) in [4.78, 5) is 2.64. The van der Waals surface area contributed by atoms with Gasteiger partial charge in [-0.05, 0) is 59.7 Å². The number of hydrogen-bond donors (Lipinski definition) is 0. The molecule has 3 heteroatoms. The monoisotopic (exact) mass is 321 g/mol. The highest BCUT2D eigenvalue weighted by atomic mass is 16.5. The number of nitrogens with zero attached hydrogens (tertiary/aromatic N) is 1. The number of hydrogen-bond acceptors (Lipinski definition) is 3. The zero-order valence-corrected chi connectivity index (χ0v) is 14.4. The summed E-state index contributed by atoms with van der Waals surface area (Å²) in [5.41, 5.74) is 8.63. The highest BCUT2D eigenvalue weighted by Gasteiger charge is 2.35. The molecule has 1 atom stereocenters. The number of fused-ring (bicyclic) bond motifs is 5. The number of ether oxygens (including phenoxy) is 2. The van der Waals surface area contributed by atoms with Crippen molar-refractivity contribution in [2.24, 2.45) is 0 Å². The molecule has 3 heterocycles. The van der Waals surface area contributed by atoms with Gasteiger partial charge >= 0.3 is 0 Å². The summed E-state index contributed by atoms with van der Waals surface area (Å²) in [7, 11) is 1.78. The minimum atomic E-state index is 0.450. The first-order chi connectivity index (χ1) is 11.7. The fraction of sp³-hybridized carbons (Fsp3) is 0.429. The second-order valence-electron chi connectivity index (χ2n) is 7.24. The summed E-state index contributed by atoms with van der Waals surface area (Å²) >= 11 is 0. The average Bonchev–Trinajstić information content (AvgIpc) is 3.06. The Kier molecular flexibility index (Phi) is 3.14. The first-order valence-electron chi connectivity index (χ1n) is 8.92. The molecule has 0 spiro atoms. The Morgan fingerprint density at radius 2 is 2.04 bits per heavy atom. The van der Waals surface area contributed by atoms with Crippen LogP contribution in [0.4, 0.5) is 0 Å². The van der Waals surface area contributed by atoms with Crippen LogP contribution in [0.25, 0.3) is 0 Å². The summed E-state index contributed by atoms with van der Waals surface area (Å²) in [5, 5.41) is 0. The van der Waals surface area contributed by atoms with Crippen molar-refractivity contribution in [2.45, 2.75) is 38.8 Å². The molecule has 3 aliphatic rings. The van der Waals surface area contributed by atoms with E-state index in [1.54, 1.807) is 7.11 Å². The van der Waals surface area contributed by atoms with Gasteiger partial charge in [0.05, 0.1) is 13.7 Å². The maximum Gasteiger partial charge on any atom is 0.122 e. The van der Waals surface area contributed by atoms with Crippen LogP contribution in [0.3, 0.4) is 0 Å². The Hall–Kier alpha value is -2.00. The zero-order valence-electron chi connectivity index (χ0n) is 14.4. The molecule has 5 rings (SSSR count). The molecule has 2 aromatic rings. The number of methoxy groups -OCH3 is 1. The minimum absolute atomic E-state index is 0.450. The fourth-order valence-corrected chi connectivity index (χ4v) is 4.68. The maximum atomic E-state index is 5.83. The Morgan fingerprint density at radius 3 is 2.92 bits per heavy atom. The summed E-state index contributed by atoms with van der Waals surface area (Å²) < 4.78 is 11.5. The summed E-state index contributed by atoms with van der Waals surface area (Å²) in [6.45, 7) is 5.23. The van der Waals surface area contributed by atoms with Crippen LogP contribution in [-0.4, -0.2) is 25.2 Å². The van der Waals surface area contributed by atoms with Gasteiger partial charge in [-0.3, -0.25) is 4.90 Å². The minimum Gasteiger partial charge on any atom is -0.496 e. The largest absolute Gasteiger partial charge is 0.496 e. The molecule has 0 saturated carbocycles. The second-order valence-corrected chi connectivity index (χ2v) is 7.24. The van der Waals surface area contributed by atoms with Crippen molar-refractivity contribution in [2.75, 3.05) is 20.3 Å². The Morgan fingerprint density at radius 1 is 1.12 bits per heavy atom. The van der Waals surface area contributed by atoms with Crippen LogP contribution in [0.1, 0.15) is 39.4 Å².